The summed E-state index contributed by atoms with van der Waals surface area (Å²) >= 11 is 3.45. The standard InChI is InChI=1S/C24H25BrN2O4/c1-16(5-2-3-12-28)24(31)20-14-18(25)8-9-21(20)27(23(24)30)15-17-6-4-7-19(13-17)26-11-10-22(26)29/h2,4-9,13-14,16,28,31H,3,10-12,15H2,1H3/b5-2+/t16-,24+/m0/s1. The van der Waals surface area contributed by atoms with E-state index in [0.717, 1.165) is 15.7 Å². The summed E-state index contributed by atoms with van der Waals surface area (Å²) in [5.74, 6) is -0.760. The van der Waals surface area contributed by atoms with E-state index in [4.69, 9.17) is 5.11 Å². The molecule has 0 bridgehead atoms. The van der Waals surface area contributed by atoms with Crippen LogP contribution in [0.2, 0.25) is 0 Å². The zero-order valence-electron chi connectivity index (χ0n) is 17.3. The van der Waals surface area contributed by atoms with Crippen LogP contribution >= 0.6 is 15.9 Å². The Morgan fingerprint density at radius 2 is 2.03 bits per heavy atom. The molecule has 7 heteroatoms. The van der Waals surface area contributed by atoms with E-state index in [-0.39, 0.29) is 18.4 Å². The number of nitrogens with zero attached hydrogens (tertiary/aromatic N) is 2. The van der Waals surface area contributed by atoms with Gasteiger partial charge in [0.05, 0.1) is 12.2 Å². The van der Waals surface area contributed by atoms with Crippen LogP contribution in [-0.4, -0.2) is 35.2 Å². The number of carbonyl (C=O) groups excluding carboxylic acids is 2. The summed E-state index contributed by atoms with van der Waals surface area (Å²) in [6, 6.07) is 13.1. The zero-order chi connectivity index (χ0) is 22.2. The topological polar surface area (TPSA) is 81.1 Å². The normalized spacial score (nSPS) is 21.5. The number of aliphatic hydroxyl groups is 2. The van der Waals surface area contributed by atoms with Crippen molar-refractivity contribution in [1.82, 2.24) is 0 Å². The van der Waals surface area contributed by atoms with Crippen molar-refractivity contribution in [2.24, 2.45) is 5.92 Å². The molecule has 2 N–H and O–H groups in total. The van der Waals surface area contributed by atoms with Crippen LogP contribution in [0.15, 0.2) is 59.1 Å². The number of rotatable bonds is 7. The van der Waals surface area contributed by atoms with Gasteiger partial charge in [-0.05, 0) is 42.3 Å². The molecule has 0 unspecified atom stereocenters. The second-order valence-electron chi connectivity index (χ2n) is 8.01. The summed E-state index contributed by atoms with van der Waals surface area (Å²) in [6.45, 7) is 2.81. The van der Waals surface area contributed by atoms with Crippen molar-refractivity contribution in [2.45, 2.75) is 31.9 Å². The molecule has 0 radical (unpaired) electrons. The molecule has 0 aliphatic carbocycles. The van der Waals surface area contributed by atoms with Crippen LogP contribution in [0.25, 0.3) is 0 Å². The van der Waals surface area contributed by atoms with Gasteiger partial charge in [-0.15, -0.1) is 0 Å². The quantitative estimate of drug-likeness (QED) is 0.465. The molecular weight excluding hydrogens is 460 g/mol. The van der Waals surface area contributed by atoms with Gasteiger partial charge >= 0.3 is 0 Å². The fraction of sp³-hybridized carbons (Fsp3) is 0.333. The number of hydrogen-bond acceptors (Lipinski definition) is 4. The molecule has 162 valence electrons. The highest BCUT2D eigenvalue weighted by Crippen LogP contribution is 2.46. The second-order valence-corrected chi connectivity index (χ2v) is 8.93. The van der Waals surface area contributed by atoms with Gasteiger partial charge < -0.3 is 20.0 Å². The van der Waals surface area contributed by atoms with E-state index in [2.05, 4.69) is 15.9 Å². The lowest BCUT2D eigenvalue weighted by molar-refractivity contribution is -0.139. The summed E-state index contributed by atoms with van der Waals surface area (Å²) in [7, 11) is 0. The van der Waals surface area contributed by atoms with Crippen LogP contribution in [0.5, 0.6) is 0 Å². The van der Waals surface area contributed by atoms with Crippen LogP contribution in [0.1, 0.15) is 30.9 Å². The highest BCUT2D eigenvalue weighted by atomic mass is 79.9. The lowest BCUT2D eigenvalue weighted by atomic mass is 9.83. The van der Waals surface area contributed by atoms with Crippen molar-refractivity contribution < 1.29 is 19.8 Å². The van der Waals surface area contributed by atoms with E-state index in [1.54, 1.807) is 34.9 Å². The van der Waals surface area contributed by atoms with Crippen LogP contribution in [0, 0.1) is 5.92 Å². The molecule has 2 aliphatic rings. The second kappa shape index (κ2) is 8.57. The lowest BCUT2D eigenvalue weighted by Gasteiger charge is -2.31. The molecule has 2 heterocycles. The average Bonchev–Trinajstić information content (AvgIpc) is 2.95. The van der Waals surface area contributed by atoms with E-state index in [1.807, 2.05) is 36.4 Å². The Hall–Kier alpha value is -2.48. The van der Waals surface area contributed by atoms with E-state index < -0.39 is 11.5 Å². The summed E-state index contributed by atoms with van der Waals surface area (Å²) in [5.41, 5.74) is 1.24. The molecule has 6 nitrogen and oxygen atoms in total. The van der Waals surface area contributed by atoms with E-state index >= 15 is 0 Å². The van der Waals surface area contributed by atoms with Crippen molar-refractivity contribution in [3.05, 3.63) is 70.2 Å². The fourth-order valence-electron chi connectivity index (χ4n) is 4.18. The number of amides is 2. The van der Waals surface area contributed by atoms with Crippen LogP contribution in [-0.2, 0) is 21.7 Å². The number of fused-ring (bicyclic) bond motifs is 1. The first-order valence-corrected chi connectivity index (χ1v) is 11.2. The third kappa shape index (κ3) is 3.82. The van der Waals surface area contributed by atoms with Gasteiger partial charge in [-0.25, -0.2) is 0 Å². The Morgan fingerprint density at radius 1 is 1.23 bits per heavy atom. The number of carbonyl (C=O) groups is 2. The maximum atomic E-state index is 13.5. The summed E-state index contributed by atoms with van der Waals surface area (Å²) in [5, 5.41) is 20.6. The molecule has 0 aromatic heterocycles. The van der Waals surface area contributed by atoms with Crippen molar-refractivity contribution in [3.8, 4) is 0 Å². The van der Waals surface area contributed by atoms with Crippen molar-refractivity contribution in [2.75, 3.05) is 23.0 Å². The molecular formula is C24H25BrN2O4. The molecule has 0 saturated carbocycles. The highest BCUT2D eigenvalue weighted by molar-refractivity contribution is 9.10. The third-order valence-corrected chi connectivity index (χ3v) is 6.52. The molecule has 2 atom stereocenters. The summed E-state index contributed by atoms with van der Waals surface area (Å²) < 4.78 is 0.782. The molecule has 4 rings (SSSR count). The minimum Gasteiger partial charge on any atom is -0.396 e. The molecule has 2 aromatic carbocycles. The first-order valence-electron chi connectivity index (χ1n) is 10.4. The first kappa shape index (κ1) is 21.7. The number of β-lactam (4-membered cyclic amide) rings is 1. The Bertz CT molecular complexity index is 1050. The van der Waals surface area contributed by atoms with Crippen molar-refractivity contribution >= 4 is 39.1 Å². The van der Waals surface area contributed by atoms with Gasteiger partial charge in [-0.2, -0.15) is 0 Å². The molecule has 0 spiro atoms. The minimum atomic E-state index is -1.70. The fourth-order valence-corrected chi connectivity index (χ4v) is 4.54. The zero-order valence-corrected chi connectivity index (χ0v) is 18.9. The lowest BCUT2D eigenvalue weighted by Crippen LogP contribution is -2.44. The molecule has 1 fully saturated rings. The van der Waals surface area contributed by atoms with E-state index in [1.165, 1.54) is 0 Å². The number of benzene rings is 2. The summed E-state index contributed by atoms with van der Waals surface area (Å²) in [4.78, 5) is 28.7. The van der Waals surface area contributed by atoms with E-state index in [9.17, 15) is 14.7 Å². The molecule has 2 amide bonds. The van der Waals surface area contributed by atoms with Crippen molar-refractivity contribution in [1.29, 1.82) is 0 Å². The largest absolute Gasteiger partial charge is 0.396 e. The Labute approximate surface area is 189 Å². The highest BCUT2D eigenvalue weighted by Gasteiger charge is 2.52. The van der Waals surface area contributed by atoms with Crippen LogP contribution in [0.4, 0.5) is 11.4 Å². The molecule has 1 saturated heterocycles. The molecule has 2 aliphatic heterocycles. The maximum Gasteiger partial charge on any atom is 0.264 e. The third-order valence-electron chi connectivity index (χ3n) is 6.02. The minimum absolute atomic E-state index is 0.0136. The Balaban J connectivity index is 1.67. The monoisotopic (exact) mass is 484 g/mol. The number of anilines is 2. The maximum absolute atomic E-state index is 13.5. The smallest absolute Gasteiger partial charge is 0.264 e. The average molecular weight is 485 g/mol. The van der Waals surface area contributed by atoms with Gasteiger partial charge in [0.2, 0.25) is 5.91 Å². The van der Waals surface area contributed by atoms with Crippen LogP contribution in [0.3, 0.4) is 0 Å². The van der Waals surface area contributed by atoms with Gasteiger partial charge in [0, 0.05) is 41.2 Å². The summed E-state index contributed by atoms with van der Waals surface area (Å²) in [6.07, 6.45) is 4.58. The van der Waals surface area contributed by atoms with Gasteiger partial charge in [0.25, 0.3) is 5.91 Å². The van der Waals surface area contributed by atoms with Crippen molar-refractivity contribution in [3.63, 3.8) is 0 Å². The predicted octanol–water partition coefficient (Wildman–Crippen LogP) is 3.49. The number of hydrogen-bond donors (Lipinski definition) is 2. The number of aliphatic hydroxyl groups excluding tert-OH is 1. The predicted molar refractivity (Wildman–Crippen MR) is 123 cm³/mol. The van der Waals surface area contributed by atoms with Gasteiger partial charge in [0.1, 0.15) is 0 Å². The van der Waals surface area contributed by atoms with E-state index in [0.29, 0.717) is 37.2 Å². The first-order chi connectivity index (χ1) is 14.9. The van der Waals surface area contributed by atoms with Gasteiger partial charge in [0.15, 0.2) is 5.60 Å². The molecule has 2 aromatic rings. The van der Waals surface area contributed by atoms with Crippen LogP contribution < -0.4 is 9.80 Å². The molecule has 31 heavy (non-hydrogen) atoms. The van der Waals surface area contributed by atoms with Gasteiger partial charge in [-0.3, -0.25) is 9.59 Å². The Kier molecular flexibility index (Phi) is 6.01. The Morgan fingerprint density at radius 3 is 2.71 bits per heavy atom. The SMILES string of the molecule is C[C@@H](/C=C/CCO)[C@]1(O)C(=O)N(Cc2cccc(N3CCC3=O)c2)c2ccc(Br)cc21. The number of halogens is 1. The van der Waals surface area contributed by atoms with Gasteiger partial charge in [-0.1, -0.05) is 47.1 Å².